The van der Waals surface area contributed by atoms with E-state index < -0.39 is 0 Å². The Balaban J connectivity index is 1.44. The van der Waals surface area contributed by atoms with Crippen molar-refractivity contribution in [3.8, 4) is 0 Å². The standard InChI is InChI=1S/C26H30ClN2O/c1-28-24-11-8-21(27)19-23(24)26(13-3-2-4-14-26)25(28)12-7-20-5-9-22(10-6-20)29-15-17-30-18-16-29/h5-12,19H,2-4,13-18H2,1H3/q+1. The van der Waals surface area contributed by atoms with E-state index in [1.54, 1.807) is 0 Å². The molecule has 30 heavy (non-hydrogen) atoms. The van der Waals surface area contributed by atoms with Crippen molar-refractivity contribution >= 4 is 34.8 Å². The Bertz CT molecular complexity index is 981. The zero-order valence-electron chi connectivity index (χ0n) is 17.7. The maximum atomic E-state index is 6.42. The molecule has 156 valence electrons. The monoisotopic (exact) mass is 421 g/mol. The van der Waals surface area contributed by atoms with Gasteiger partial charge in [-0.15, -0.1) is 0 Å². The topological polar surface area (TPSA) is 15.5 Å². The number of hydrogen-bond donors (Lipinski definition) is 0. The summed E-state index contributed by atoms with van der Waals surface area (Å²) in [6.45, 7) is 3.58. The first-order valence-electron chi connectivity index (χ1n) is 11.2. The van der Waals surface area contributed by atoms with Gasteiger partial charge in [-0.25, -0.2) is 0 Å². The van der Waals surface area contributed by atoms with Crippen LogP contribution in [0.4, 0.5) is 11.4 Å². The molecule has 1 saturated heterocycles. The molecule has 0 aromatic heterocycles. The molecule has 1 saturated carbocycles. The quantitative estimate of drug-likeness (QED) is 0.580. The van der Waals surface area contributed by atoms with E-state index >= 15 is 0 Å². The highest BCUT2D eigenvalue weighted by Crippen LogP contribution is 2.49. The maximum absolute atomic E-state index is 6.42. The second-order valence-corrected chi connectivity index (χ2v) is 9.21. The number of nitrogens with zero attached hydrogens (tertiary/aromatic N) is 2. The molecule has 0 bridgehead atoms. The number of hydrogen-bond acceptors (Lipinski definition) is 2. The number of anilines is 1. The van der Waals surface area contributed by atoms with Crippen molar-refractivity contribution in [3.05, 3.63) is 64.7 Å². The Morgan fingerprint density at radius 1 is 0.967 bits per heavy atom. The Morgan fingerprint density at radius 3 is 2.43 bits per heavy atom. The lowest BCUT2D eigenvalue weighted by Gasteiger charge is -2.31. The summed E-state index contributed by atoms with van der Waals surface area (Å²) in [5.74, 6) is 0. The van der Waals surface area contributed by atoms with Gasteiger partial charge in [0.2, 0.25) is 5.69 Å². The summed E-state index contributed by atoms with van der Waals surface area (Å²) in [7, 11) is 2.21. The fraction of sp³-hybridized carbons (Fsp3) is 0.423. The highest BCUT2D eigenvalue weighted by Gasteiger charge is 2.50. The van der Waals surface area contributed by atoms with E-state index in [2.05, 4.69) is 65.1 Å². The lowest BCUT2D eigenvalue weighted by Crippen LogP contribution is -2.36. The zero-order valence-corrected chi connectivity index (χ0v) is 18.5. The molecule has 0 amide bonds. The van der Waals surface area contributed by atoms with E-state index in [1.807, 2.05) is 6.07 Å². The van der Waals surface area contributed by atoms with Gasteiger partial charge in [-0.3, -0.25) is 0 Å². The lowest BCUT2D eigenvalue weighted by atomic mass is 9.67. The van der Waals surface area contributed by atoms with Gasteiger partial charge in [0.05, 0.1) is 18.6 Å². The van der Waals surface area contributed by atoms with Gasteiger partial charge in [0, 0.05) is 41.5 Å². The highest BCUT2D eigenvalue weighted by molar-refractivity contribution is 6.30. The Labute approximate surface area is 184 Å². The first-order chi connectivity index (χ1) is 14.7. The van der Waals surface area contributed by atoms with Crippen molar-refractivity contribution in [1.82, 2.24) is 0 Å². The Hall–Kier alpha value is -2.10. The van der Waals surface area contributed by atoms with Crippen molar-refractivity contribution in [2.45, 2.75) is 37.5 Å². The molecule has 0 radical (unpaired) electrons. The number of halogens is 1. The fourth-order valence-electron chi connectivity index (χ4n) is 5.52. The molecule has 3 nitrogen and oxygen atoms in total. The van der Waals surface area contributed by atoms with E-state index in [-0.39, 0.29) is 5.41 Å². The van der Waals surface area contributed by atoms with Gasteiger partial charge in [-0.05, 0) is 48.7 Å². The van der Waals surface area contributed by atoms with Crippen LogP contribution in [0.1, 0.15) is 43.2 Å². The Kier molecular flexibility index (Phi) is 5.43. The zero-order chi connectivity index (χ0) is 20.6. The first-order valence-corrected chi connectivity index (χ1v) is 11.6. The molecule has 1 spiro atoms. The van der Waals surface area contributed by atoms with Crippen LogP contribution < -0.4 is 4.90 Å². The van der Waals surface area contributed by atoms with Crippen LogP contribution in [-0.2, 0) is 10.2 Å². The summed E-state index contributed by atoms with van der Waals surface area (Å²) >= 11 is 6.42. The van der Waals surface area contributed by atoms with Crippen molar-refractivity contribution in [2.75, 3.05) is 38.3 Å². The molecule has 2 aliphatic heterocycles. The first kappa shape index (κ1) is 19.8. The maximum Gasteiger partial charge on any atom is 0.209 e. The van der Waals surface area contributed by atoms with Crippen LogP contribution >= 0.6 is 11.6 Å². The van der Waals surface area contributed by atoms with Crippen LogP contribution in [0.25, 0.3) is 6.08 Å². The van der Waals surface area contributed by atoms with Gasteiger partial charge in [-0.1, -0.05) is 43.0 Å². The van der Waals surface area contributed by atoms with Crippen molar-refractivity contribution in [1.29, 1.82) is 0 Å². The number of fused-ring (bicyclic) bond motifs is 2. The highest BCUT2D eigenvalue weighted by atomic mass is 35.5. The molecule has 0 atom stereocenters. The molecule has 2 aromatic carbocycles. The van der Waals surface area contributed by atoms with Gasteiger partial charge < -0.3 is 9.64 Å². The second-order valence-electron chi connectivity index (χ2n) is 8.77. The van der Waals surface area contributed by atoms with E-state index in [1.165, 1.54) is 60.3 Å². The third-order valence-corrected chi connectivity index (χ3v) is 7.33. The smallest absolute Gasteiger partial charge is 0.209 e. The van der Waals surface area contributed by atoms with Gasteiger partial charge in [0.25, 0.3) is 0 Å². The minimum atomic E-state index is 0.109. The van der Waals surface area contributed by atoms with E-state index in [4.69, 9.17) is 16.3 Å². The van der Waals surface area contributed by atoms with Gasteiger partial charge in [0.15, 0.2) is 5.71 Å². The van der Waals surface area contributed by atoms with Crippen LogP contribution in [0.3, 0.4) is 0 Å². The average Bonchev–Trinajstić information content (AvgIpc) is 3.00. The van der Waals surface area contributed by atoms with E-state index in [9.17, 15) is 0 Å². The van der Waals surface area contributed by atoms with Gasteiger partial charge in [-0.2, -0.15) is 4.58 Å². The number of benzene rings is 2. The number of ether oxygens (including phenoxy) is 1. The molecule has 4 heteroatoms. The molecule has 2 aromatic rings. The van der Waals surface area contributed by atoms with Gasteiger partial charge >= 0.3 is 0 Å². The van der Waals surface area contributed by atoms with Crippen molar-refractivity contribution in [2.24, 2.45) is 0 Å². The predicted octanol–water partition coefficient (Wildman–Crippen LogP) is 5.82. The van der Waals surface area contributed by atoms with Crippen LogP contribution in [0, 0.1) is 0 Å². The summed E-state index contributed by atoms with van der Waals surface area (Å²) in [5, 5.41) is 0.844. The van der Waals surface area contributed by atoms with Crippen LogP contribution in [0.15, 0.2) is 48.5 Å². The summed E-state index contributed by atoms with van der Waals surface area (Å²) in [4.78, 5) is 2.40. The molecule has 3 aliphatic rings. The largest absolute Gasteiger partial charge is 0.378 e. The van der Waals surface area contributed by atoms with E-state index in [0.29, 0.717) is 0 Å². The summed E-state index contributed by atoms with van der Waals surface area (Å²) in [6.07, 6.45) is 10.9. The number of allylic oxidation sites excluding steroid dienone is 1. The molecule has 5 rings (SSSR count). The molecule has 0 unspecified atom stereocenters. The number of morpholine rings is 1. The minimum absolute atomic E-state index is 0.109. The second kappa shape index (κ2) is 8.20. The van der Waals surface area contributed by atoms with Crippen molar-refractivity contribution < 1.29 is 9.31 Å². The van der Waals surface area contributed by atoms with Crippen LogP contribution in [0.5, 0.6) is 0 Å². The molecule has 2 heterocycles. The summed E-state index contributed by atoms with van der Waals surface area (Å²) in [5.41, 5.74) is 6.77. The van der Waals surface area contributed by atoms with Crippen LogP contribution in [0.2, 0.25) is 5.02 Å². The third kappa shape index (κ3) is 3.48. The van der Waals surface area contributed by atoms with E-state index in [0.717, 1.165) is 31.3 Å². The van der Waals surface area contributed by atoms with Crippen molar-refractivity contribution in [3.63, 3.8) is 0 Å². The fourth-order valence-corrected chi connectivity index (χ4v) is 5.69. The summed E-state index contributed by atoms with van der Waals surface area (Å²) in [6, 6.07) is 15.3. The summed E-state index contributed by atoms with van der Waals surface area (Å²) < 4.78 is 7.86. The number of rotatable bonds is 3. The molecule has 0 N–H and O–H groups in total. The minimum Gasteiger partial charge on any atom is -0.378 e. The average molecular weight is 422 g/mol. The van der Waals surface area contributed by atoms with Gasteiger partial charge in [0.1, 0.15) is 7.05 Å². The lowest BCUT2D eigenvalue weighted by molar-refractivity contribution is -0.401. The normalized spacial score (nSPS) is 20.9. The molecule has 1 aliphatic carbocycles. The molecular weight excluding hydrogens is 392 g/mol. The SMILES string of the molecule is C[N+]1=C(/C=C/c2ccc(N3CCOCC3)cc2)C2(CCCCC2)c2cc(Cl)ccc21. The molecule has 2 fully saturated rings. The van der Waals surface area contributed by atoms with Crippen LogP contribution in [-0.4, -0.2) is 43.6 Å². The Morgan fingerprint density at radius 2 is 1.70 bits per heavy atom. The molecular formula is C26H30ClN2O+. The third-order valence-electron chi connectivity index (χ3n) is 7.10. The predicted molar refractivity (Wildman–Crippen MR) is 126 cm³/mol.